The van der Waals surface area contributed by atoms with Gasteiger partial charge in [-0.15, -0.1) is 0 Å². The molecule has 8 bridgehead atoms. The predicted octanol–water partition coefficient (Wildman–Crippen LogP) is 30.2. The number of benzene rings is 8. The van der Waals surface area contributed by atoms with Crippen molar-refractivity contribution in [2.45, 2.75) is 157 Å². The van der Waals surface area contributed by atoms with Gasteiger partial charge in [0.05, 0.1) is 73.5 Å². The average Bonchev–Trinajstić information content (AvgIpc) is 1.58. The zero-order valence-corrected chi connectivity index (χ0v) is 74.7. The van der Waals surface area contributed by atoms with Gasteiger partial charge in [0.2, 0.25) is 0 Å². The summed E-state index contributed by atoms with van der Waals surface area (Å²) in [7, 11) is 0. The fraction of sp³-hybridized carbons (Fsp3) is 0.300. The van der Waals surface area contributed by atoms with Crippen LogP contribution in [0.2, 0.25) is 70.3 Å². The van der Waals surface area contributed by atoms with Crippen LogP contribution >= 0.6 is 162 Å². The Morgan fingerprint density at radius 1 is 0.262 bits per heavy atom. The number of rotatable bonds is 8. The van der Waals surface area contributed by atoms with Gasteiger partial charge in [0.1, 0.15) is 37.3 Å². The number of aromatic nitrogens is 8. The van der Waals surface area contributed by atoms with E-state index in [4.69, 9.17) is 221 Å². The molecule has 27 heteroatoms. The second-order valence-corrected chi connectivity index (χ2v) is 37.5. The van der Waals surface area contributed by atoms with Crippen LogP contribution in [0.4, 0.5) is 0 Å². The summed E-state index contributed by atoms with van der Waals surface area (Å²) in [6, 6.07) is 22.7. The first-order valence-electron chi connectivity index (χ1n) is 33.3. The van der Waals surface area contributed by atoms with Crippen LogP contribution in [0.5, 0.6) is 46.0 Å². The van der Waals surface area contributed by atoms with Crippen LogP contribution in [-0.2, 0) is 52.0 Å². The SMILES string of the molecule is CC(C)(C)c1ccc(Oc2c(Cl)c(Cl)c3c(c2Cl)-c2nc-3nc3[n-]c(nc4nc(nc5[n-]c(n2)c2c(Cl)c(Cl)c(Oc6ccc(C(C)(C)C)cc6C(C)(C)C)c(Cl)c52)-c2c(Cl)c(Cl)c(Oc5ccc(C(C)(C)C)cc5C(C)(C)C)c(Cl)c2-4)c2c(Cl)c(Oc4c(Cl)cccc4Cl)c(Cl)c(Cl)c32)c(C(C)(C)C)c1.[Zn+2]. The van der Waals surface area contributed by atoms with E-state index >= 15 is 0 Å². The summed E-state index contributed by atoms with van der Waals surface area (Å²) in [5.74, 6) is 0.333. The molecule has 0 spiro atoms. The molecule has 11 aromatic rings. The number of hydrogen-bond acceptors (Lipinski definition) is 10. The van der Waals surface area contributed by atoms with Gasteiger partial charge in [-0.2, -0.15) is 0 Å². The second kappa shape index (κ2) is 28.9. The van der Waals surface area contributed by atoms with Crippen molar-refractivity contribution in [2.75, 3.05) is 0 Å². The fourth-order valence-corrected chi connectivity index (χ4v) is 16.4. The predicted molar refractivity (Wildman–Crippen MR) is 442 cm³/mol. The van der Waals surface area contributed by atoms with E-state index in [1.165, 1.54) is 0 Å². The van der Waals surface area contributed by atoms with Gasteiger partial charge in [-0.3, -0.25) is 0 Å². The molecule has 0 fully saturated rings. The van der Waals surface area contributed by atoms with Gasteiger partial charge in [-0.1, -0.05) is 330 Å². The minimum absolute atomic E-state index is 0. The molecular formula is C80H66Cl14N8O4Zn. The van der Waals surface area contributed by atoms with Crippen molar-refractivity contribution in [1.29, 1.82) is 0 Å². The zero-order chi connectivity index (χ0) is 77.4. The molecule has 2 aliphatic rings. The van der Waals surface area contributed by atoms with Gasteiger partial charge in [-0.25, -0.2) is 9.97 Å². The quantitative estimate of drug-likeness (QED) is 0.106. The van der Waals surface area contributed by atoms with Crippen LogP contribution in [0, 0.1) is 0 Å². The third kappa shape index (κ3) is 14.6. The van der Waals surface area contributed by atoms with Crippen molar-refractivity contribution in [2.24, 2.45) is 0 Å². The Balaban J connectivity index is 0.0000107. The van der Waals surface area contributed by atoms with E-state index in [0.717, 1.165) is 33.4 Å². The van der Waals surface area contributed by atoms with Gasteiger partial charge in [0.15, 0.2) is 28.7 Å². The van der Waals surface area contributed by atoms with Crippen LogP contribution in [-0.4, -0.2) is 29.9 Å². The first-order chi connectivity index (χ1) is 49.2. The summed E-state index contributed by atoms with van der Waals surface area (Å²) in [5, 5.41) is -1.11. The minimum Gasteiger partial charge on any atom is -0.454 e. The third-order valence-electron chi connectivity index (χ3n) is 18.3. The molecule has 0 aliphatic carbocycles. The molecule has 5 heterocycles. The first-order valence-corrected chi connectivity index (χ1v) is 38.6. The fourth-order valence-electron chi connectivity index (χ4n) is 12.5. The van der Waals surface area contributed by atoms with E-state index in [9.17, 15) is 0 Å². The molecule has 0 N–H and O–H groups in total. The molecule has 107 heavy (non-hydrogen) atoms. The average molecular weight is 1770 g/mol. The van der Waals surface area contributed by atoms with Gasteiger partial charge < -0.3 is 48.9 Å². The van der Waals surface area contributed by atoms with E-state index < -0.39 is 16.2 Å². The maximum absolute atomic E-state index is 7.83. The normalized spacial score (nSPS) is 12.8. The Morgan fingerprint density at radius 3 is 0.794 bits per heavy atom. The first kappa shape index (κ1) is 81.5. The standard InChI is InChI=1S/C80H66Cl14N8O4.Zn/c1-75(2,3)31-22-25-39(34(28-31)78(10,11)12)103-63-54(87)46-42(50(83)58(63)91)67-95-68-45-49(57(90)66(61(94)53(45)86)106-62-37(81)20-19-21-38(62)82)74(97-68)102-73-48-44(52(85)60(93)65(56(48)89)105-41-27-24-33(77(7,8)9)30-36(41)80(16,17)18)70(101-73)100-72-47-43(69(99-72)98-71(46)96-67)51(84)59(92)64(55(47)88)104-40-26-23-32(76(4,5)6)29-35(40)79(13,14)15;/h19-30H,1-18H3;/q-2;+2. The van der Waals surface area contributed by atoms with Gasteiger partial charge in [0, 0.05) is 83.1 Å². The number of hydrogen-bond donors (Lipinski definition) is 0. The van der Waals surface area contributed by atoms with Crippen LogP contribution in [0.3, 0.4) is 0 Å². The van der Waals surface area contributed by atoms with Crippen molar-refractivity contribution < 1.29 is 38.4 Å². The summed E-state index contributed by atoms with van der Waals surface area (Å²) >= 11 is 105. The van der Waals surface area contributed by atoms with E-state index in [1.807, 2.05) is 36.4 Å². The van der Waals surface area contributed by atoms with Crippen molar-refractivity contribution >= 4 is 207 Å². The summed E-state index contributed by atoms with van der Waals surface area (Å²) < 4.78 is 27.2. The Bertz CT molecular complexity index is 5800. The van der Waals surface area contributed by atoms with E-state index in [2.05, 4.69) is 143 Å². The molecular weight excluding hydrogens is 1700 g/mol. The summed E-state index contributed by atoms with van der Waals surface area (Å²) in [4.78, 5) is 41.4. The van der Waals surface area contributed by atoms with E-state index in [0.29, 0.717) is 17.2 Å². The number of nitrogens with zero attached hydrogens (tertiary/aromatic N) is 8. The summed E-state index contributed by atoms with van der Waals surface area (Å²) in [6.45, 7) is 37.8. The largest absolute Gasteiger partial charge is 2.00 e. The van der Waals surface area contributed by atoms with Gasteiger partial charge in [0.25, 0.3) is 0 Å². The van der Waals surface area contributed by atoms with Crippen molar-refractivity contribution in [1.82, 2.24) is 39.9 Å². The molecule has 0 saturated heterocycles. The molecule has 0 radical (unpaired) electrons. The monoisotopic (exact) mass is 1760 g/mol. The molecule has 0 atom stereocenters. The van der Waals surface area contributed by atoms with Crippen LogP contribution in [0.25, 0.3) is 89.7 Å². The summed E-state index contributed by atoms with van der Waals surface area (Å²) in [6.07, 6.45) is 0. The topological polar surface area (TPSA) is 142 Å². The summed E-state index contributed by atoms with van der Waals surface area (Å²) in [5.41, 5.74) is 3.25. The second-order valence-electron chi connectivity index (χ2n) is 32.2. The van der Waals surface area contributed by atoms with Gasteiger partial charge in [-0.05, 0) is 79.5 Å². The maximum Gasteiger partial charge on any atom is 2.00 e. The van der Waals surface area contributed by atoms with Crippen molar-refractivity contribution in [3.8, 4) is 91.5 Å². The zero-order valence-electron chi connectivity index (χ0n) is 61.1. The van der Waals surface area contributed by atoms with E-state index in [1.54, 1.807) is 18.2 Å². The van der Waals surface area contributed by atoms with Crippen LogP contribution in [0.1, 0.15) is 158 Å². The Kier molecular flexibility index (Phi) is 22.0. The molecule has 8 aromatic carbocycles. The molecule has 13 rings (SSSR count). The molecule has 0 amide bonds. The molecule has 3 aromatic heterocycles. The van der Waals surface area contributed by atoms with Crippen molar-refractivity contribution in [3.05, 3.63) is 176 Å². The van der Waals surface area contributed by atoms with Gasteiger partial charge >= 0.3 is 19.5 Å². The number of ether oxygens (including phenoxy) is 4. The number of fused-ring (bicyclic) bond motifs is 20. The smallest absolute Gasteiger partial charge is 0.454 e. The Labute approximate surface area is 703 Å². The molecule has 550 valence electrons. The van der Waals surface area contributed by atoms with Crippen LogP contribution in [0.15, 0.2) is 72.8 Å². The molecule has 12 nitrogen and oxygen atoms in total. The number of para-hydroxylation sites is 1. The van der Waals surface area contributed by atoms with E-state index in [-0.39, 0.29) is 224 Å². The maximum atomic E-state index is 7.83. The Morgan fingerprint density at radius 2 is 0.514 bits per heavy atom. The molecule has 0 saturated carbocycles. The van der Waals surface area contributed by atoms with Crippen molar-refractivity contribution in [3.63, 3.8) is 0 Å². The minimum atomic E-state index is -0.468. The van der Waals surface area contributed by atoms with Crippen LogP contribution < -0.4 is 28.9 Å². The Hall–Kier alpha value is -5.00. The third-order valence-corrected chi connectivity index (χ3v) is 23.7. The number of halogens is 14. The molecule has 2 aliphatic heterocycles. The molecule has 0 unspecified atom stereocenters.